The summed E-state index contributed by atoms with van der Waals surface area (Å²) in [5.74, 6) is 0.0766. The zero-order chi connectivity index (χ0) is 14.6. The van der Waals surface area contributed by atoms with E-state index >= 15 is 0 Å². The van der Waals surface area contributed by atoms with Crippen LogP contribution in [0.15, 0.2) is 0 Å². The van der Waals surface area contributed by atoms with Crippen LogP contribution in [0.25, 0.3) is 0 Å². The number of Topliss-reactive ketones (excluding diaryl/α,β-unsaturated/α-hetero) is 1. The van der Waals surface area contributed by atoms with Crippen molar-refractivity contribution in [1.82, 2.24) is 0 Å². The van der Waals surface area contributed by atoms with Crippen LogP contribution in [0.5, 0.6) is 0 Å². The first-order valence-corrected chi connectivity index (χ1v) is 7.21. The number of ketones is 1. The van der Waals surface area contributed by atoms with E-state index < -0.39 is 9.93 Å². The molecule has 0 spiro atoms. The minimum absolute atomic E-state index is 0.0766. The average molecular weight is 323 g/mol. The Morgan fingerprint density at radius 2 is 1.67 bits per heavy atom. The van der Waals surface area contributed by atoms with Gasteiger partial charge in [0.05, 0.1) is 16.5 Å². The van der Waals surface area contributed by atoms with Crippen molar-refractivity contribution < 1.29 is 14.3 Å². The van der Waals surface area contributed by atoms with E-state index in [4.69, 9.17) is 9.47 Å². The van der Waals surface area contributed by atoms with Gasteiger partial charge in [-0.2, -0.15) is 0 Å². The third-order valence-electron chi connectivity index (χ3n) is 3.37. The summed E-state index contributed by atoms with van der Waals surface area (Å²) in [6.45, 7) is 12.1. The number of hydrogen-bond donors (Lipinski definition) is 0. The van der Waals surface area contributed by atoms with E-state index in [0.29, 0.717) is 13.0 Å². The largest absolute Gasteiger partial charge is 0.379 e. The summed E-state index contributed by atoms with van der Waals surface area (Å²) < 4.78 is 10.6. The molecule has 0 aliphatic carbocycles. The highest BCUT2D eigenvalue weighted by Crippen LogP contribution is 2.29. The maximum atomic E-state index is 12.3. The Kier molecular flexibility index (Phi) is 6.51. The number of alkyl halides is 1. The molecule has 0 heterocycles. The monoisotopic (exact) mass is 322 g/mol. The lowest BCUT2D eigenvalue weighted by molar-refractivity contribution is -0.147. The maximum absolute atomic E-state index is 12.3. The molecule has 0 radical (unpaired) electrons. The van der Waals surface area contributed by atoms with Gasteiger partial charge in [0.1, 0.15) is 5.60 Å². The quantitative estimate of drug-likeness (QED) is 0.639. The van der Waals surface area contributed by atoms with Crippen molar-refractivity contribution in [2.75, 3.05) is 13.7 Å². The molecule has 18 heavy (non-hydrogen) atoms. The van der Waals surface area contributed by atoms with Crippen LogP contribution in [0, 0.1) is 0 Å². The zero-order valence-electron chi connectivity index (χ0n) is 12.7. The molecule has 0 saturated carbocycles. The third-order valence-corrected chi connectivity index (χ3v) is 3.73. The smallest absolute Gasteiger partial charge is 0.180 e. The average Bonchev–Trinajstić information content (AvgIpc) is 2.26. The van der Waals surface area contributed by atoms with Gasteiger partial charge in [-0.15, -0.1) is 0 Å². The Bertz CT molecular complexity index is 281. The van der Waals surface area contributed by atoms with Gasteiger partial charge in [-0.25, -0.2) is 0 Å². The molecule has 0 aromatic heterocycles. The first-order chi connectivity index (χ1) is 7.98. The molecule has 108 valence electrons. The van der Waals surface area contributed by atoms with Gasteiger partial charge in [-0.3, -0.25) is 4.79 Å². The Hall–Kier alpha value is 0.0700. The third kappa shape index (κ3) is 5.37. The molecule has 0 N–H and O–H groups in total. The molecule has 4 heteroatoms. The Morgan fingerprint density at radius 1 is 1.17 bits per heavy atom. The Morgan fingerprint density at radius 3 is 2.00 bits per heavy atom. The van der Waals surface area contributed by atoms with Crippen molar-refractivity contribution in [3.63, 3.8) is 0 Å². The molecule has 0 rings (SSSR count). The molecule has 0 saturated heterocycles. The van der Waals surface area contributed by atoms with Gasteiger partial charge in [0, 0.05) is 7.11 Å². The number of rotatable bonds is 8. The molecule has 1 atom stereocenters. The summed E-state index contributed by atoms with van der Waals surface area (Å²) in [4.78, 5) is 12.3. The second-order valence-electron chi connectivity index (χ2n) is 5.95. The highest BCUT2D eigenvalue weighted by atomic mass is 79.9. The second-order valence-corrected chi connectivity index (χ2v) is 7.93. The van der Waals surface area contributed by atoms with E-state index in [1.54, 1.807) is 7.11 Å². The van der Waals surface area contributed by atoms with Gasteiger partial charge >= 0.3 is 0 Å². The van der Waals surface area contributed by atoms with Crippen LogP contribution in [0.3, 0.4) is 0 Å². The minimum Gasteiger partial charge on any atom is -0.379 e. The lowest BCUT2D eigenvalue weighted by Gasteiger charge is -2.33. The summed E-state index contributed by atoms with van der Waals surface area (Å²) in [5.41, 5.74) is -0.960. The first-order valence-electron chi connectivity index (χ1n) is 6.41. The summed E-state index contributed by atoms with van der Waals surface area (Å²) in [5, 5.41) is 0. The van der Waals surface area contributed by atoms with E-state index in [0.717, 1.165) is 6.42 Å². The van der Waals surface area contributed by atoms with Gasteiger partial charge in [-0.05, 0) is 47.5 Å². The predicted octanol–water partition coefficient (Wildman–Crippen LogP) is 3.73. The standard InChI is InChI=1S/C14H27BrO3/c1-8-14(6,11(16)13(4,5)15)18-10-9-12(2,3)17-7/h8-10H2,1-7H3. The van der Waals surface area contributed by atoms with Crippen molar-refractivity contribution in [2.45, 2.75) is 69.9 Å². The van der Waals surface area contributed by atoms with Crippen LogP contribution in [0.1, 0.15) is 54.4 Å². The highest BCUT2D eigenvalue weighted by Gasteiger charge is 2.40. The molecule has 1 unspecified atom stereocenters. The SMILES string of the molecule is CCC(C)(OCCC(C)(C)OC)C(=O)C(C)(C)Br. The van der Waals surface area contributed by atoms with Gasteiger partial charge < -0.3 is 9.47 Å². The minimum atomic E-state index is -0.739. The zero-order valence-corrected chi connectivity index (χ0v) is 14.3. The van der Waals surface area contributed by atoms with Crippen molar-refractivity contribution in [1.29, 1.82) is 0 Å². The molecule has 0 fully saturated rings. The van der Waals surface area contributed by atoms with Crippen LogP contribution < -0.4 is 0 Å². The van der Waals surface area contributed by atoms with Gasteiger partial charge in [0.2, 0.25) is 0 Å². The van der Waals surface area contributed by atoms with E-state index in [-0.39, 0.29) is 11.4 Å². The lowest BCUT2D eigenvalue weighted by Crippen LogP contribution is -2.47. The fourth-order valence-corrected chi connectivity index (χ4v) is 2.00. The molecule has 0 amide bonds. The van der Waals surface area contributed by atoms with Crippen molar-refractivity contribution in [3.8, 4) is 0 Å². The van der Waals surface area contributed by atoms with Gasteiger partial charge in [0.25, 0.3) is 0 Å². The van der Waals surface area contributed by atoms with E-state index in [2.05, 4.69) is 15.9 Å². The number of carbonyl (C=O) groups is 1. The Labute approximate surface area is 120 Å². The summed E-state index contributed by atoms with van der Waals surface area (Å²) in [7, 11) is 1.69. The summed E-state index contributed by atoms with van der Waals surface area (Å²) in [6.07, 6.45) is 1.42. The molecule has 0 aliphatic heterocycles. The normalized spacial score (nSPS) is 16.4. The molecule has 0 aromatic rings. The fourth-order valence-electron chi connectivity index (χ4n) is 1.58. The van der Waals surface area contributed by atoms with Crippen LogP contribution in [0.2, 0.25) is 0 Å². The Balaban J connectivity index is 4.56. The van der Waals surface area contributed by atoms with Crippen molar-refractivity contribution in [2.24, 2.45) is 0 Å². The summed E-state index contributed by atoms with van der Waals surface area (Å²) in [6, 6.07) is 0. The van der Waals surface area contributed by atoms with E-state index in [1.165, 1.54) is 0 Å². The van der Waals surface area contributed by atoms with Crippen LogP contribution in [-0.4, -0.2) is 35.0 Å². The number of hydrogen-bond acceptors (Lipinski definition) is 3. The van der Waals surface area contributed by atoms with Gasteiger partial charge in [0.15, 0.2) is 5.78 Å². The predicted molar refractivity (Wildman–Crippen MR) is 78.4 cm³/mol. The highest BCUT2D eigenvalue weighted by molar-refractivity contribution is 9.10. The molecule has 0 aliphatic rings. The molecule has 3 nitrogen and oxygen atoms in total. The number of carbonyl (C=O) groups excluding carboxylic acids is 1. The van der Waals surface area contributed by atoms with E-state index in [9.17, 15) is 4.79 Å². The second kappa shape index (κ2) is 6.49. The van der Waals surface area contributed by atoms with Crippen LogP contribution in [-0.2, 0) is 14.3 Å². The lowest BCUT2D eigenvalue weighted by atomic mass is 9.89. The first kappa shape index (κ1) is 18.1. The molecular weight excluding hydrogens is 296 g/mol. The van der Waals surface area contributed by atoms with Crippen LogP contribution >= 0.6 is 15.9 Å². The van der Waals surface area contributed by atoms with Gasteiger partial charge in [-0.1, -0.05) is 22.9 Å². The van der Waals surface area contributed by atoms with E-state index in [1.807, 2.05) is 41.5 Å². The maximum Gasteiger partial charge on any atom is 0.180 e. The summed E-state index contributed by atoms with van der Waals surface area (Å²) >= 11 is 3.41. The van der Waals surface area contributed by atoms with Crippen molar-refractivity contribution >= 4 is 21.7 Å². The molecular formula is C14H27BrO3. The number of methoxy groups -OCH3 is 1. The topological polar surface area (TPSA) is 35.5 Å². The molecule has 0 aromatic carbocycles. The number of ether oxygens (including phenoxy) is 2. The fraction of sp³-hybridized carbons (Fsp3) is 0.929. The molecule has 0 bridgehead atoms. The number of halogens is 1. The van der Waals surface area contributed by atoms with Crippen molar-refractivity contribution in [3.05, 3.63) is 0 Å². The van der Waals surface area contributed by atoms with Crippen LogP contribution in [0.4, 0.5) is 0 Å².